The summed E-state index contributed by atoms with van der Waals surface area (Å²) in [5.41, 5.74) is 2.61. The van der Waals surface area contributed by atoms with Crippen molar-refractivity contribution in [2.75, 3.05) is 58.5 Å². The number of carboxylic acids is 1. The minimum Gasteiger partial charge on any atom is -0.481 e. The van der Waals surface area contributed by atoms with E-state index in [-0.39, 0.29) is 38.2 Å². The fourth-order valence-electron chi connectivity index (χ4n) is 5.44. The van der Waals surface area contributed by atoms with Gasteiger partial charge in [0, 0.05) is 42.3 Å². The first-order valence-corrected chi connectivity index (χ1v) is 16.3. The van der Waals surface area contributed by atoms with Crippen LogP contribution in [0.3, 0.4) is 0 Å². The summed E-state index contributed by atoms with van der Waals surface area (Å²) in [7, 11) is 2.11. The Morgan fingerprint density at radius 1 is 0.959 bits per heavy atom. The molecule has 14 heteroatoms. The van der Waals surface area contributed by atoms with Crippen molar-refractivity contribution in [3.05, 3.63) is 90.0 Å². The molecule has 14 nitrogen and oxygen atoms in total. The number of pyridine rings is 1. The second-order valence-electron chi connectivity index (χ2n) is 11.9. The molecular formula is C35H43N7O7. The first kappa shape index (κ1) is 35.4. The zero-order valence-corrected chi connectivity index (χ0v) is 27.8. The molecule has 4 aromatic rings. The summed E-state index contributed by atoms with van der Waals surface area (Å²) >= 11 is 0. The van der Waals surface area contributed by atoms with Gasteiger partial charge < -0.3 is 40.0 Å². The molecule has 1 saturated heterocycles. The Balaban J connectivity index is 1.14. The number of piperidine rings is 1. The maximum atomic E-state index is 13.4. The van der Waals surface area contributed by atoms with Gasteiger partial charge in [-0.2, -0.15) is 4.89 Å². The molecule has 1 fully saturated rings. The predicted molar refractivity (Wildman–Crippen MR) is 181 cm³/mol. The van der Waals surface area contributed by atoms with Crippen LogP contribution in [0.4, 0.5) is 5.69 Å². The van der Waals surface area contributed by atoms with Crippen LogP contribution in [0.15, 0.2) is 73.1 Å². The van der Waals surface area contributed by atoms with Crippen molar-refractivity contribution in [3.63, 3.8) is 0 Å². The van der Waals surface area contributed by atoms with Gasteiger partial charge in [0.25, 0.3) is 5.91 Å². The van der Waals surface area contributed by atoms with E-state index in [0.29, 0.717) is 30.4 Å². The highest BCUT2D eigenvalue weighted by Gasteiger charge is 2.39. The normalized spacial score (nSPS) is 15.0. The zero-order valence-electron chi connectivity index (χ0n) is 27.8. The van der Waals surface area contributed by atoms with Gasteiger partial charge >= 0.3 is 5.97 Å². The van der Waals surface area contributed by atoms with Gasteiger partial charge in [-0.15, -0.1) is 10.2 Å². The van der Waals surface area contributed by atoms with Gasteiger partial charge in [-0.05, 0) is 74.8 Å². The van der Waals surface area contributed by atoms with Gasteiger partial charge in [0.05, 0.1) is 44.4 Å². The van der Waals surface area contributed by atoms with Gasteiger partial charge in [-0.3, -0.25) is 14.6 Å². The highest BCUT2D eigenvalue weighted by molar-refractivity contribution is 5.95. The zero-order chi connectivity index (χ0) is 34.5. The molecule has 4 N–H and O–H groups in total. The third-order valence-corrected chi connectivity index (χ3v) is 8.25. The third-order valence-electron chi connectivity index (χ3n) is 8.25. The number of nitrogens with one attached hydrogen (secondary N) is 3. The standard InChI is InChI=1S/C35H43N7O7/c1-25(27-5-4-8-30(24-27)49-48-22-21-47-20-19-46-18-11-31(43)44)37-33(45)28-6-3-7-29(23-28)39-35(12-16-42(2)17-13-35)34-38-32(40-41-34)26-9-14-36-15-10-26/h3-10,14-15,23-25,39H,11-13,16-22H2,1-2H3,(H,37,45)(H,43,44)(H,38,40,41)/t25-/m1/s1. The van der Waals surface area contributed by atoms with Gasteiger partial charge in [-0.1, -0.05) is 18.2 Å². The largest absolute Gasteiger partial charge is 0.481 e. The number of amides is 1. The Hall–Kier alpha value is -4.89. The first-order chi connectivity index (χ1) is 23.8. The summed E-state index contributed by atoms with van der Waals surface area (Å²) < 4.78 is 10.6. The number of hydrogen-bond donors (Lipinski definition) is 4. The molecule has 3 heterocycles. The number of aromatic amines is 1. The summed E-state index contributed by atoms with van der Waals surface area (Å²) in [4.78, 5) is 44.4. The monoisotopic (exact) mass is 673 g/mol. The lowest BCUT2D eigenvalue weighted by atomic mass is 9.86. The Morgan fingerprint density at radius 2 is 1.69 bits per heavy atom. The van der Waals surface area contributed by atoms with Crippen LogP contribution in [0.25, 0.3) is 11.4 Å². The topological polar surface area (TPSA) is 173 Å². The van der Waals surface area contributed by atoms with Gasteiger partial charge in [-0.25, -0.2) is 0 Å². The highest BCUT2D eigenvalue weighted by atomic mass is 17.2. The van der Waals surface area contributed by atoms with Crippen molar-refractivity contribution in [1.82, 2.24) is 30.4 Å². The van der Waals surface area contributed by atoms with Crippen LogP contribution in [0.1, 0.15) is 54.0 Å². The number of likely N-dealkylation sites (tertiary alicyclic amines) is 1. The lowest BCUT2D eigenvalue weighted by molar-refractivity contribution is -0.215. The second-order valence-corrected chi connectivity index (χ2v) is 11.9. The quantitative estimate of drug-likeness (QED) is 0.0675. The molecule has 0 radical (unpaired) electrons. The van der Waals surface area contributed by atoms with Crippen LogP contribution >= 0.6 is 0 Å². The molecule has 2 aromatic heterocycles. The van der Waals surface area contributed by atoms with E-state index in [0.717, 1.165) is 48.6 Å². The molecular weight excluding hydrogens is 630 g/mol. The minimum absolute atomic E-state index is 0.0389. The summed E-state index contributed by atoms with van der Waals surface area (Å²) in [6.45, 7) is 4.91. The van der Waals surface area contributed by atoms with E-state index >= 15 is 0 Å². The van der Waals surface area contributed by atoms with E-state index in [4.69, 9.17) is 24.4 Å². The fourth-order valence-corrected chi connectivity index (χ4v) is 5.44. The molecule has 0 spiro atoms. The minimum atomic E-state index is -0.900. The Bertz CT molecular complexity index is 1640. The van der Waals surface area contributed by atoms with Crippen molar-refractivity contribution >= 4 is 17.6 Å². The number of carbonyl (C=O) groups is 2. The lowest BCUT2D eigenvalue weighted by Crippen LogP contribution is -2.46. The number of carbonyl (C=O) groups excluding carboxylic acids is 1. The van der Waals surface area contributed by atoms with Gasteiger partial charge in [0.2, 0.25) is 0 Å². The number of ether oxygens (including phenoxy) is 2. The molecule has 0 aliphatic carbocycles. The smallest absolute Gasteiger partial charge is 0.305 e. The second kappa shape index (κ2) is 17.5. The highest BCUT2D eigenvalue weighted by Crippen LogP contribution is 2.35. The van der Waals surface area contributed by atoms with Crippen LogP contribution in [0.5, 0.6) is 5.75 Å². The summed E-state index contributed by atoms with van der Waals surface area (Å²) in [6.07, 6.45) is 5.03. The molecule has 2 aromatic carbocycles. The van der Waals surface area contributed by atoms with Crippen molar-refractivity contribution in [3.8, 4) is 17.1 Å². The predicted octanol–water partition coefficient (Wildman–Crippen LogP) is 4.21. The van der Waals surface area contributed by atoms with Gasteiger partial charge in [0.1, 0.15) is 6.61 Å². The molecule has 1 atom stereocenters. The number of benzene rings is 2. The van der Waals surface area contributed by atoms with E-state index in [9.17, 15) is 9.59 Å². The summed E-state index contributed by atoms with van der Waals surface area (Å²) in [6, 6.07) is 18.3. The van der Waals surface area contributed by atoms with E-state index in [1.807, 2.05) is 55.5 Å². The number of nitrogens with zero attached hydrogens (tertiary/aromatic N) is 4. The molecule has 260 valence electrons. The summed E-state index contributed by atoms with van der Waals surface area (Å²) in [5.74, 6) is 0.825. The van der Waals surface area contributed by atoms with Crippen LogP contribution in [-0.4, -0.2) is 95.2 Å². The number of hydrogen-bond acceptors (Lipinski definition) is 11. The molecule has 1 amide bonds. The molecule has 0 unspecified atom stereocenters. The van der Waals surface area contributed by atoms with E-state index < -0.39 is 11.5 Å². The van der Waals surface area contributed by atoms with Gasteiger partial charge in [0.15, 0.2) is 17.4 Å². The molecule has 0 bridgehead atoms. The van der Waals surface area contributed by atoms with Crippen molar-refractivity contribution in [2.45, 2.75) is 37.8 Å². The number of aromatic nitrogens is 4. The number of anilines is 1. The molecule has 49 heavy (non-hydrogen) atoms. The average Bonchev–Trinajstić information content (AvgIpc) is 3.62. The Labute approximate surface area is 285 Å². The van der Waals surface area contributed by atoms with Crippen molar-refractivity contribution in [2.24, 2.45) is 0 Å². The van der Waals surface area contributed by atoms with Crippen LogP contribution in [-0.2, 0) is 24.7 Å². The van der Waals surface area contributed by atoms with Crippen molar-refractivity contribution < 1.29 is 33.9 Å². The Morgan fingerprint density at radius 3 is 2.47 bits per heavy atom. The molecule has 1 aliphatic rings. The SMILES string of the molecule is C[C@@H](NC(=O)c1cccc(NC2(c3nnc(-c4ccncc4)[nH]3)CCN(C)CC2)c1)c1cccc(OOCCOCCOCCC(=O)O)c1. The van der Waals surface area contributed by atoms with E-state index in [2.05, 4.69) is 42.7 Å². The summed E-state index contributed by atoms with van der Waals surface area (Å²) in [5, 5.41) is 24.4. The molecule has 1 aliphatic heterocycles. The first-order valence-electron chi connectivity index (χ1n) is 16.3. The number of aliphatic carboxylic acids is 1. The maximum Gasteiger partial charge on any atom is 0.305 e. The Kier molecular flexibility index (Phi) is 12.6. The van der Waals surface area contributed by atoms with Crippen LogP contribution < -0.4 is 15.5 Å². The molecule has 0 saturated carbocycles. The fraction of sp³-hybridized carbons (Fsp3) is 0.400. The number of H-pyrrole nitrogens is 1. The van der Waals surface area contributed by atoms with Crippen molar-refractivity contribution in [1.29, 1.82) is 0 Å². The van der Waals surface area contributed by atoms with E-state index in [1.54, 1.807) is 24.5 Å². The lowest BCUT2D eigenvalue weighted by Gasteiger charge is -2.40. The third kappa shape index (κ3) is 10.3. The molecule has 5 rings (SSSR count). The van der Waals surface area contributed by atoms with Crippen LogP contribution in [0, 0.1) is 0 Å². The van der Waals surface area contributed by atoms with E-state index in [1.165, 1.54) is 0 Å². The number of carboxylic acid groups (broad SMARTS) is 1. The maximum absolute atomic E-state index is 13.4. The number of rotatable bonds is 18. The van der Waals surface area contributed by atoms with Crippen LogP contribution in [0.2, 0.25) is 0 Å². The average molecular weight is 674 g/mol.